The Kier molecular flexibility index (Phi) is 6.77. The summed E-state index contributed by atoms with van der Waals surface area (Å²) in [5.74, 6) is 0.145. The Morgan fingerprint density at radius 2 is 1.68 bits per heavy atom. The first kappa shape index (κ1) is 21.3. The second kappa shape index (κ2) is 8.92. The number of hydrogen-bond acceptors (Lipinski definition) is 3. The summed E-state index contributed by atoms with van der Waals surface area (Å²) in [6.07, 6.45) is 1.05. The Hall–Kier alpha value is -1.45. The molecule has 0 radical (unpaired) electrons. The lowest BCUT2D eigenvalue weighted by Crippen LogP contribution is -2.41. The van der Waals surface area contributed by atoms with Crippen LogP contribution in [0.25, 0.3) is 0 Å². The molecule has 5 nitrogen and oxygen atoms in total. The third-order valence-corrected chi connectivity index (χ3v) is 7.99. The number of nitrogens with one attached hydrogen (secondary N) is 1. The quantitative estimate of drug-likeness (QED) is 0.602. The monoisotopic (exact) mass is 512 g/mol. The van der Waals surface area contributed by atoms with Gasteiger partial charge in [-0.1, -0.05) is 38.1 Å². The summed E-state index contributed by atoms with van der Waals surface area (Å²) < 4.78 is 28.3. The van der Waals surface area contributed by atoms with Crippen LogP contribution in [0.1, 0.15) is 38.2 Å². The predicted molar refractivity (Wildman–Crippen MR) is 120 cm³/mol. The van der Waals surface area contributed by atoms with Crippen LogP contribution in [-0.4, -0.2) is 31.7 Å². The Bertz CT molecular complexity index is 934. The van der Waals surface area contributed by atoms with Crippen LogP contribution in [0.5, 0.6) is 0 Å². The fourth-order valence-corrected chi connectivity index (χ4v) is 5.32. The first-order valence-electron chi connectivity index (χ1n) is 9.44. The summed E-state index contributed by atoms with van der Waals surface area (Å²) in [7, 11) is -3.52. The summed E-state index contributed by atoms with van der Waals surface area (Å²) in [5.41, 5.74) is 1.92. The van der Waals surface area contributed by atoms with Gasteiger partial charge in [0.2, 0.25) is 15.9 Å². The highest BCUT2D eigenvalue weighted by Crippen LogP contribution is 2.26. The molecule has 1 amide bonds. The van der Waals surface area contributed by atoms with Gasteiger partial charge in [0.05, 0.1) is 10.6 Å². The number of carbonyl (C=O) groups excluding carboxylic acids is 1. The first-order valence-corrected chi connectivity index (χ1v) is 12.0. The number of carbonyl (C=O) groups is 1. The molecule has 0 saturated carbocycles. The number of amides is 1. The zero-order valence-electron chi connectivity index (χ0n) is 16.1. The van der Waals surface area contributed by atoms with Crippen molar-refractivity contribution in [3.8, 4) is 0 Å². The van der Waals surface area contributed by atoms with Crippen LogP contribution in [0, 0.1) is 9.49 Å². The van der Waals surface area contributed by atoms with Crippen molar-refractivity contribution < 1.29 is 13.2 Å². The summed E-state index contributed by atoms with van der Waals surface area (Å²) >= 11 is 2.19. The van der Waals surface area contributed by atoms with Crippen LogP contribution >= 0.6 is 22.6 Å². The molecule has 0 aromatic heterocycles. The zero-order valence-corrected chi connectivity index (χ0v) is 19.0. The SMILES string of the molecule is CC(C)c1ccc(S(=O)(=O)N2CCC(C(=O)Nc3ccccc3I)CC2)cc1. The molecule has 28 heavy (non-hydrogen) atoms. The van der Waals surface area contributed by atoms with E-state index in [1.54, 1.807) is 12.1 Å². The number of piperidine rings is 1. The molecular weight excluding hydrogens is 487 g/mol. The molecule has 2 aromatic carbocycles. The van der Waals surface area contributed by atoms with E-state index in [9.17, 15) is 13.2 Å². The van der Waals surface area contributed by atoms with Crippen molar-refractivity contribution >= 4 is 44.2 Å². The number of para-hydroxylation sites is 1. The Balaban J connectivity index is 1.62. The van der Waals surface area contributed by atoms with Gasteiger partial charge in [-0.15, -0.1) is 0 Å². The highest BCUT2D eigenvalue weighted by atomic mass is 127. The molecule has 1 aliphatic rings. The normalized spacial score (nSPS) is 16.3. The fourth-order valence-electron chi connectivity index (χ4n) is 3.33. The molecule has 7 heteroatoms. The maximum Gasteiger partial charge on any atom is 0.243 e. The molecule has 150 valence electrons. The van der Waals surface area contributed by atoms with Crippen LogP contribution < -0.4 is 5.32 Å². The smallest absolute Gasteiger partial charge is 0.243 e. The van der Waals surface area contributed by atoms with Gasteiger partial charge in [0.25, 0.3) is 0 Å². The third-order valence-electron chi connectivity index (χ3n) is 5.14. The van der Waals surface area contributed by atoms with E-state index < -0.39 is 10.0 Å². The van der Waals surface area contributed by atoms with Gasteiger partial charge >= 0.3 is 0 Å². The maximum absolute atomic E-state index is 12.9. The van der Waals surface area contributed by atoms with Gasteiger partial charge in [-0.2, -0.15) is 4.31 Å². The molecule has 1 heterocycles. The zero-order chi connectivity index (χ0) is 20.3. The largest absolute Gasteiger partial charge is 0.325 e. The number of hydrogen-bond donors (Lipinski definition) is 1. The topological polar surface area (TPSA) is 66.5 Å². The average Bonchev–Trinajstić information content (AvgIpc) is 2.70. The Morgan fingerprint density at radius 1 is 1.07 bits per heavy atom. The number of sulfonamides is 1. The molecule has 1 fully saturated rings. The van der Waals surface area contributed by atoms with E-state index in [4.69, 9.17) is 0 Å². The van der Waals surface area contributed by atoms with Gasteiger partial charge in [-0.25, -0.2) is 8.42 Å². The van der Waals surface area contributed by atoms with Crippen LogP contribution in [0.4, 0.5) is 5.69 Å². The van der Waals surface area contributed by atoms with E-state index in [1.165, 1.54) is 4.31 Å². The third kappa shape index (κ3) is 4.75. The van der Waals surface area contributed by atoms with Gasteiger partial charge in [0, 0.05) is 22.6 Å². The van der Waals surface area contributed by atoms with Crippen LogP contribution in [0.15, 0.2) is 53.4 Å². The van der Waals surface area contributed by atoms with E-state index in [1.807, 2.05) is 36.4 Å². The molecule has 3 rings (SSSR count). The number of benzene rings is 2. The second-order valence-corrected chi connectivity index (χ2v) is 10.5. The Labute approximate surface area is 180 Å². The molecule has 0 unspecified atom stereocenters. The van der Waals surface area contributed by atoms with E-state index in [-0.39, 0.29) is 11.8 Å². The van der Waals surface area contributed by atoms with Crippen LogP contribution in [-0.2, 0) is 14.8 Å². The van der Waals surface area contributed by atoms with E-state index >= 15 is 0 Å². The van der Waals surface area contributed by atoms with E-state index in [0.29, 0.717) is 36.7 Å². The minimum absolute atomic E-state index is 0.0394. The lowest BCUT2D eigenvalue weighted by atomic mass is 9.97. The van der Waals surface area contributed by atoms with Crippen molar-refractivity contribution in [1.82, 2.24) is 4.31 Å². The molecule has 0 spiro atoms. The van der Waals surface area contributed by atoms with Gasteiger partial charge in [0.15, 0.2) is 0 Å². The van der Waals surface area contributed by atoms with Crippen molar-refractivity contribution in [2.75, 3.05) is 18.4 Å². The molecule has 0 bridgehead atoms. The maximum atomic E-state index is 12.9. The lowest BCUT2D eigenvalue weighted by Gasteiger charge is -2.30. The highest BCUT2D eigenvalue weighted by Gasteiger charge is 2.32. The molecule has 1 N–H and O–H groups in total. The van der Waals surface area contributed by atoms with Crippen LogP contribution in [0.2, 0.25) is 0 Å². The van der Waals surface area contributed by atoms with Crippen molar-refractivity contribution in [2.24, 2.45) is 5.92 Å². The fraction of sp³-hybridized carbons (Fsp3) is 0.381. The van der Waals surface area contributed by atoms with Crippen molar-refractivity contribution in [1.29, 1.82) is 0 Å². The summed E-state index contributed by atoms with van der Waals surface area (Å²) in [6, 6.07) is 14.7. The van der Waals surface area contributed by atoms with Crippen molar-refractivity contribution in [2.45, 2.75) is 37.5 Å². The number of rotatable bonds is 5. The first-order chi connectivity index (χ1) is 13.3. The summed E-state index contributed by atoms with van der Waals surface area (Å²) in [5, 5.41) is 2.97. The molecule has 1 saturated heterocycles. The molecule has 1 aliphatic heterocycles. The number of anilines is 1. The molecular formula is C21H25IN2O3S. The predicted octanol–water partition coefficient (Wildman–Crippen LogP) is 4.45. The van der Waals surface area contributed by atoms with Gasteiger partial charge < -0.3 is 5.32 Å². The highest BCUT2D eigenvalue weighted by molar-refractivity contribution is 14.1. The van der Waals surface area contributed by atoms with E-state index in [2.05, 4.69) is 41.8 Å². The molecule has 2 aromatic rings. The summed E-state index contributed by atoms with van der Waals surface area (Å²) in [6.45, 7) is 4.88. The summed E-state index contributed by atoms with van der Waals surface area (Å²) in [4.78, 5) is 12.9. The van der Waals surface area contributed by atoms with Crippen molar-refractivity contribution in [3.05, 3.63) is 57.7 Å². The van der Waals surface area contributed by atoms with Crippen molar-refractivity contribution in [3.63, 3.8) is 0 Å². The standard InChI is InChI=1S/C21H25IN2O3S/c1-15(2)16-7-9-18(10-8-16)28(26,27)24-13-11-17(12-14-24)21(25)23-20-6-4-3-5-19(20)22/h3-10,15,17H,11-14H2,1-2H3,(H,23,25). The molecule has 0 atom stereocenters. The Morgan fingerprint density at radius 3 is 2.25 bits per heavy atom. The minimum atomic E-state index is -3.52. The van der Waals surface area contributed by atoms with Gasteiger partial charge in [-0.05, 0) is 71.2 Å². The lowest BCUT2D eigenvalue weighted by molar-refractivity contribution is -0.120. The average molecular weight is 512 g/mol. The molecule has 0 aliphatic carbocycles. The number of halogens is 1. The second-order valence-electron chi connectivity index (χ2n) is 7.37. The number of nitrogens with zero attached hydrogens (tertiary/aromatic N) is 1. The van der Waals surface area contributed by atoms with Gasteiger partial charge in [-0.3, -0.25) is 4.79 Å². The van der Waals surface area contributed by atoms with Gasteiger partial charge in [0.1, 0.15) is 0 Å². The van der Waals surface area contributed by atoms with E-state index in [0.717, 1.165) is 14.8 Å². The minimum Gasteiger partial charge on any atom is -0.325 e. The van der Waals surface area contributed by atoms with Crippen LogP contribution in [0.3, 0.4) is 0 Å².